The number of nitrogens with two attached hydrogens (primary N) is 1. The quantitative estimate of drug-likeness (QED) is 0.343. The molecule has 170 valence electrons. The maximum absolute atomic E-state index is 6.38. The highest BCUT2D eigenvalue weighted by Gasteiger charge is 2.25. The number of ether oxygens (including phenoxy) is 1. The average molecular weight is 441 g/mol. The number of rotatable bonds is 7. The molecular formula is C28H32N4O. The molecule has 0 amide bonds. The van der Waals surface area contributed by atoms with Crippen molar-refractivity contribution < 1.29 is 4.74 Å². The number of nitrogens with zero attached hydrogens (tertiary/aromatic N) is 3. The third-order valence-electron chi connectivity index (χ3n) is 6.94. The lowest BCUT2D eigenvalue weighted by atomic mass is 9.83. The molecule has 2 heterocycles. The van der Waals surface area contributed by atoms with Crippen LogP contribution in [-0.4, -0.2) is 14.5 Å². The fourth-order valence-corrected chi connectivity index (χ4v) is 5.22. The van der Waals surface area contributed by atoms with Gasteiger partial charge in [-0.05, 0) is 54.9 Å². The van der Waals surface area contributed by atoms with Gasteiger partial charge in [-0.1, -0.05) is 62.2 Å². The van der Waals surface area contributed by atoms with E-state index in [0.717, 1.165) is 39.4 Å². The Bertz CT molecular complexity index is 1210. The van der Waals surface area contributed by atoms with E-state index < -0.39 is 0 Å². The van der Waals surface area contributed by atoms with Crippen LogP contribution in [0.4, 0.5) is 5.82 Å². The molecule has 0 spiro atoms. The van der Waals surface area contributed by atoms with Crippen molar-refractivity contribution in [3.8, 4) is 16.9 Å². The molecule has 1 fully saturated rings. The van der Waals surface area contributed by atoms with E-state index in [4.69, 9.17) is 10.5 Å². The molecule has 5 heteroatoms. The van der Waals surface area contributed by atoms with Gasteiger partial charge in [0.2, 0.25) is 0 Å². The number of hydrogen-bond donors (Lipinski definition) is 1. The predicted octanol–water partition coefficient (Wildman–Crippen LogP) is 6.79. The van der Waals surface area contributed by atoms with Crippen molar-refractivity contribution in [3.63, 3.8) is 0 Å². The Morgan fingerprint density at radius 1 is 1.00 bits per heavy atom. The standard InChI is InChI=1S/C28H32N4O/c1-2-7-20-12-14-23(15-13-20)32-17-25(26-27(29)30-19-31-28(26)32)22-10-6-11-24(16-22)33-18-21-8-4-3-5-9-21/h3-6,8-11,16-17,19-20,23H,2,7,12-15,18H2,1H3,(H2,29,30,31). The van der Waals surface area contributed by atoms with E-state index in [1.807, 2.05) is 30.3 Å². The van der Waals surface area contributed by atoms with E-state index in [-0.39, 0.29) is 0 Å². The number of aromatic nitrogens is 3. The maximum Gasteiger partial charge on any atom is 0.146 e. The first-order valence-corrected chi connectivity index (χ1v) is 12.1. The summed E-state index contributed by atoms with van der Waals surface area (Å²) in [5, 5.41) is 0.938. The van der Waals surface area contributed by atoms with Crippen LogP contribution < -0.4 is 10.5 Å². The minimum Gasteiger partial charge on any atom is -0.489 e. The molecule has 0 saturated heterocycles. The smallest absolute Gasteiger partial charge is 0.146 e. The maximum atomic E-state index is 6.38. The summed E-state index contributed by atoms with van der Waals surface area (Å²) in [5.74, 6) is 2.24. The molecule has 1 saturated carbocycles. The summed E-state index contributed by atoms with van der Waals surface area (Å²) in [6.45, 7) is 2.83. The second-order valence-corrected chi connectivity index (χ2v) is 9.17. The Labute approximate surface area is 195 Å². The Balaban J connectivity index is 1.45. The highest BCUT2D eigenvalue weighted by molar-refractivity contribution is 6.00. The SMILES string of the molecule is CCCC1CCC(n2cc(-c3cccc(OCc4ccccc4)c3)c3c(N)ncnc32)CC1. The first-order valence-electron chi connectivity index (χ1n) is 12.1. The molecule has 5 rings (SSSR count). The second-order valence-electron chi connectivity index (χ2n) is 9.17. The van der Waals surface area contributed by atoms with Gasteiger partial charge in [0.1, 0.15) is 30.1 Å². The van der Waals surface area contributed by atoms with Crippen molar-refractivity contribution in [1.29, 1.82) is 0 Å². The van der Waals surface area contributed by atoms with Gasteiger partial charge in [0.05, 0.1) is 5.39 Å². The van der Waals surface area contributed by atoms with Crippen LogP contribution in [-0.2, 0) is 6.61 Å². The zero-order valence-corrected chi connectivity index (χ0v) is 19.3. The van der Waals surface area contributed by atoms with Crippen molar-refractivity contribution in [2.75, 3.05) is 5.73 Å². The van der Waals surface area contributed by atoms with Crippen molar-refractivity contribution >= 4 is 16.9 Å². The van der Waals surface area contributed by atoms with Crippen molar-refractivity contribution in [2.45, 2.75) is 58.1 Å². The summed E-state index contributed by atoms with van der Waals surface area (Å²) < 4.78 is 8.43. The molecular weight excluding hydrogens is 408 g/mol. The van der Waals surface area contributed by atoms with Crippen LogP contribution in [0.15, 0.2) is 67.1 Å². The lowest BCUT2D eigenvalue weighted by molar-refractivity contribution is 0.266. The van der Waals surface area contributed by atoms with E-state index >= 15 is 0 Å². The van der Waals surface area contributed by atoms with Gasteiger partial charge < -0.3 is 15.0 Å². The Kier molecular flexibility index (Phi) is 6.29. The second kappa shape index (κ2) is 9.65. The Hall–Kier alpha value is -3.34. The predicted molar refractivity (Wildman–Crippen MR) is 134 cm³/mol. The van der Waals surface area contributed by atoms with Gasteiger partial charge in [-0.15, -0.1) is 0 Å². The minimum atomic E-state index is 0.459. The lowest BCUT2D eigenvalue weighted by Gasteiger charge is -2.29. The molecule has 2 aromatic heterocycles. The summed E-state index contributed by atoms with van der Waals surface area (Å²) in [5.41, 5.74) is 10.6. The highest BCUT2D eigenvalue weighted by Crippen LogP contribution is 2.40. The van der Waals surface area contributed by atoms with Gasteiger partial charge in [-0.3, -0.25) is 0 Å². The van der Waals surface area contributed by atoms with E-state index in [1.165, 1.54) is 38.5 Å². The molecule has 0 radical (unpaired) electrons. The van der Waals surface area contributed by atoms with Crippen molar-refractivity contribution in [1.82, 2.24) is 14.5 Å². The average Bonchev–Trinajstić information content (AvgIpc) is 3.25. The van der Waals surface area contributed by atoms with E-state index in [2.05, 4.69) is 51.9 Å². The van der Waals surface area contributed by atoms with Gasteiger partial charge in [-0.2, -0.15) is 0 Å². The molecule has 33 heavy (non-hydrogen) atoms. The molecule has 0 bridgehead atoms. The fourth-order valence-electron chi connectivity index (χ4n) is 5.22. The molecule has 5 nitrogen and oxygen atoms in total. The van der Waals surface area contributed by atoms with Gasteiger partial charge in [-0.25, -0.2) is 9.97 Å². The van der Waals surface area contributed by atoms with Crippen LogP contribution in [0, 0.1) is 5.92 Å². The van der Waals surface area contributed by atoms with Crippen LogP contribution in [0.3, 0.4) is 0 Å². The molecule has 2 N–H and O–H groups in total. The number of anilines is 1. The van der Waals surface area contributed by atoms with Gasteiger partial charge in [0.25, 0.3) is 0 Å². The summed E-state index contributed by atoms with van der Waals surface area (Å²) in [6.07, 6.45) is 11.4. The summed E-state index contributed by atoms with van der Waals surface area (Å²) in [7, 11) is 0. The van der Waals surface area contributed by atoms with Crippen LogP contribution in [0.25, 0.3) is 22.2 Å². The Morgan fingerprint density at radius 3 is 2.61 bits per heavy atom. The Morgan fingerprint density at radius 2 is 1.82 bits per heavy atom. The van der Waals surface area contributed by atoms with Gasteiger partial charge in [0, 0.05) is 17.8 Å². The normalized spacial score (nSPS) is 18.5. The van der Waals surface area contributed by atoms with E-state index in [0.29, 0.717) is 18.5 Å². The first kappa shape index (κ1) is 21.5. The van der Waals surface area contributed by atoms with Crippen LogP contribution in [0.1, 0.15) is 57.1 Å². The van der Waals surface area contributed by atoms with Crippen molar-refractivity contribution in [3.05, 3.63) is 72.7 Å². The monoisotopic (exact) mass is 440 g/mol. The summed E-state index contributed by atoms with van der Waals surface area (Å²) in [4.78, 5) is 8.97. The topological polar surface area (TPSA) is 66.0 Å². The van der Waals surface area contributed by atoms with Crippen LogP contribution >= 0.6 is 0 Å². The molecule has 4 aromatic rings. The number of nitrogen functional groups attached to an aromatic ring is 1. The largest absolute Gasteiger partial charge is 0.489 e. The number of fused-ring (bicyclic) bond motifs is 1. The molecule has 1 aliphatic rings. The zero-order chi connectivity index (χ0) is 22.6. The third kappa shape index (κ3) is 4.58. The molecule has 0 aliphatic heterocycles. The van der Waals surface area contributed by atoms with E-state index in [1.54, 1.807) is 6.33 Å². The number of benzene rings is 2. The molecule has 0 atom stereocenters. The lowest BCUT2D eigenvalue weighted by Crippen LogP contribution is -2.18. The third-order valence-corrected chi connectivity index (χ3v) is 6.94. The zero-order valence-electron chi connectivity index (χ0n) is 19.3. The molecule has 2 aromatic carbocycles. The first-order chi connectivity index (χ1) is 16.2. The summed E-state index contributed by atoms with van der Waals surface area (Å²) in [6, 6.07) is 18.9. The fraction of sp³-hybridized carbons (Fsp3) is 0.357. The minimum absolute atomic E-state index is 0.459. The highest BCUT2D eigenvalue weighted by atomic mass is 16.5. The van der Waals surface area contributed by atoms with Crippen LogP contribution in [0.2, 0.25) is 0 Å². The van der Waals surface area contributed by atoms with Crippen molar-refractivity contribution in [2.24, 2.45) is 5.92 Å². The van der Waals surface area contributed by atoms with E-state index in [9.17, 15) is 0 Å². The van der Waals surface area contributed by atoms with Gasteiger partial charge >= 0.3 is 0 Å². The van der Waals surface area contributed by atoms with Gasteiger partial charge in [0.15, 0.2) is 0 Å². The summed E-state index contributed by atoms with van der Waals surface area (Å²) >= 11 is 0. The number of hydrogen-bond acceptors (Lipinski definition) is 4. The molecule has 1 aliphatic carbocycles. The molecule has 0 unspecified atom stereocenters. The van der Waals surface area contributed by atoms with Crippen LogP contribution in [0.5, 0.6) is 5.75 Å².